The minimum Gasteiger partial charge on any atom is -0.481 e. The summed E-state index contributed by atoms with van der Waals surface area (Å²) >= 11 is 0. The molecule has 1 aliphatic heterocycles. The van der Waals surface area contributed by atoms with Crippen LogP contribution in [0.5, 0.6) is 0 Å². The van der Waals surface area contributed by atoms with E-state index in [1.165, 1.54) is 13.0 Å². The fourth-order valence-electron chi connectivity index (χ4n) is 2.35. The number of hydrogen-bond donors (Lipinski definition) is 6. The standard InChI is InChI=1S/C13H22N4O6/c1-5(8(20)4-18)11-10(16-6(2)19)7(17-13(14)15)3-9(23-11)12(21)22/h3,5,7-8,10-11,18,20H,4H2,1-2H3,(H,16,19)(H,21,22)(H4,14,15,17)/t5-,7+,8?,10-,11?/m1/s1. The Morgan fingerprint density at radius 1 is 1.48 bits per heavy atom. The highest BCUT2D eigenvalue weighted by atomic mass is 16.5. The Bertz CT molecular complexity index is 517. The highest BCUT2D eigenvalue weighted by molar-refractivity contribution is 5.85. The van der Waals surface area contributed by atoms with Gasteiger partial charge in [-0.3, -0.25) is 4.79 Å². The minimum atomic E-state index is -1.34. The predicted octanol–water partition coefficient (Wildman–Crippen LogP) is -2.51. The molecule has 130 valence electrons. The zero-order chi connectivity index (χ0) is 17.7. The Balaban J connectivity index is 3.28. The number of guanidine groups is 1. The van der Waals surface area contributed by atoms with Gasteiger partial charge >= 0.3 is 5.97 Å². The number of rotatable bonds is 6. The van der Waals surface area contributed by atoms with Crippen LogP contribution in [0, 0.1) is 5.92 Å². The molecule has 10 nitrogen and oxygen atoms in total. The van der Waals surface area contributed by atoms with Crippen molar-refractivity contribution in [3.05, 3.63) is 11.8 Å². The van der Waals surface area contributed by atoms with Gasteiger partial charge in [0, 0.05) is 12.8 Å². The molecule has 0 saturated heterocycles. The molecule has 10 heteroatoms. The van der Waals surface area contributed by atoms with E-state index >= 15 is 0 Å². The summed E-state index contributed by atoms with van der Waals surface area (Å²) < 4.78 is 5.38. The maximum Gasteiger partial charge on any atom is 0.370 e. The summed E-state index contributed by atoms with van der Waals surface area (Å²) in [5.41, 5.74) is 10.7. The number of carboxylic acid groups (broad SMARTS) is 1. The number of carbonyl (C=O) groups excluding carboxylic acids is 1. The molecule has 5 atom stereocenters. The van der Waals surface area contributed by atoms with Crippen molar-refractivity contribution in [2.24, 2.45) is 22.4 Å². The minimum absolute atomic E-state index is 0.289. The topological polar surface area (TPSA) is 180 Å². The first-order valence-electron chi connectivity index (χ1n) is 6.93. The van der Waals surface area contributed by atoms with Crippen LogP contribution in [-0.4, -0.2) is 64.1 Å². The largest absolute Gasteiger partial charge is 0.481 e. The van der Waals surface area contributed by atoms with Gasteiger partial charge in [-0.1, -0.05) is 6.92 Å². The zero-order valence-electron chi connectivity index (χ0n) is 12.8. The number of carbonyl (C=O) groups is 2. The summed E-state index contributed by atoms with van der Waals surface area (Å²) in [6.45, 7) is 2.28. The number of aliphatic hydroxyl groups is 2. The molecule has 1 amide bonds. The third-order valence-corrected chi connectivity index (χ3v) is 3.50. The van der Waals surface area contributed by atoms with E-state index in [1.54, 1.807) is 6.92 Å². The molecule has 1 heterocycles. The van der Waals surface area contributed by atoms with Gasteiger partial charge in [-0.25, -0.2) is 9.79 Å². The number of hydrogen-bond acceptors (Lipinski definition) is 6. The normalized spacial score (nSPS) is 26.3. The highest BCUT2D eigenvalue weighted by Crippen LogP contribution is 2.27. The van der Waals surface area contributed by atoms with Crippen LogP contribution in [-0.2, 0) is 14.3 Å². The van der Waals surface area contributed by atoms with Crippen LogP contribution in [0.3, 0.4) is 0 Å². The second kappa shape index (κ2) is 7.79. The van der Waals surface area contributed by atoms with Gasteiger partial charge in [-0.15, -0.1) is 0 Å². The number of nitrogens with two attached hydrogens (primary N) is 2. The van der Waals surface area contributed by atoms with Crippen molar-refractivity contribution in [2.75, 3.05) is 6.61 Å². The lowest BCUT2D eigenvalue weighted by Gasteiger charge is -2.39. The molecule has 0 radical (unpaired) electrons. The molecule has 0 bridgehead atoms. The van der Waals surface area contributed by atoms with E-state index in [0.717, 1.165) is 0 Å². The van der Waals surface area contributed by atoms with Crippen LogP contribution < -0.4 is 16.8 Å². The lowest BCUT2D eigenvalue weighted by atomic mass is 9.87. The first-order chi connectivity index (χ1) is 10.7. The molecular formula is C13H22N4O6. The molecule has 0 saturated carbocycles. The summed E-state index contributed by atoms with van der Waals surface area (Å²) in [6.07, 6.45) is -0.952. The number of ether oxygens (including phenoxy) is 1. The quantitative estimate of drug-likeness (QED) is 0.228. The molecule has 1 rings (SSSR count). The van der Waals surface area contributed by atoms with Gasteiger partial charge < -0.3 is 36.8 Å². The molecule has 23 heavy (non-hydrogen) atoms. The average molecular weight is 330 g/mol. The summed E-state index contributed by atoms with van der Waals surface area (Å²) in [4.78, 5) is 26.6. The Hall–Kier alpha value is -2.33. The smallest absolute Gasteiger partial charge is 0.370 e. The van der Waals surface area contributed by atoms with Crippen molar-refractivity contribution in [1.29, 1.82) is 0 Å². The van der Waals surface area contributed by atoms with Crippen molar-refractivity contribution in [2.45, 2.75) is 38.1 Å². The maximum atomic E-state index is 11.4. The van der Waals surface area contributed by atoms with E-state index in [-0.39, 0.29) is 5.96 Å². The van der Waals surface area contributed by atoms with E-state index in [1.807, 2.05) is 0 Å². The number of aliphatic carboxylic acids is 1. The zero-order valence-corrected chi connectivity index (χ0v) is 12.8. The van der Waals surface area contributed by atoms with Crippen LogP contribution in [0.25, 0.3) is 0 Å². The number of aliphatic imine (C=N–C) groups is 1. The lowest BCUT2D eigenvalue weighted by Crippen LogP contribution is -2.57. The highest BCUT2D eigenvalue weighted by Gasteiger charge is 2.42. The monoisotopic (exact) mass is 330 g/mol. The van der Waals surface area contributed by atoms with E-state index in [4.69, 9.17) is 26.4 Å². The van der Waals surface area contributed by atoms with Crippen LogP contribution in [0.15, 0.2) is 16.8 Å². The van der Waals surface area contributed by atoms with Crippen LogP contribution in [0.4, 0.5) is 0 Å². The molecule has 0 aliphatic carbocycles. The van der Waals surface area contributed by atoms with E-state index < -0.39 is 54.5 Å². The van der Waals surface area contributed by atoms with Crippen molar-refractivity contribution in [3.8, 4) is 0 Å². The van der Waals surface area contributed by atoms with E-state index in [9.17, 15) is 14.7 Å². The van der Waals surface area contributed by atoms with Gasteiger partial charge in [-0.2, -0.15) is 0 Å². The van der Waals surface area contributed by atoms with Gasteiger partial charge in [-0.05, 0) is 6.08 Å². The molecule has 0 aromatic rings. The van der Waals surface area contributed by atoms with Gasteiger partial charge in [0.25, 0.3) is 0 Å². The fourth-order valence-corrected chi connectivity index (χ4v) is 2.35. The third-order valence-electron chi connectivity index (χ3n) is 3.50. The van der Waals surface area contributed by atoms with Crippen molar-refractivity contribution >= 4 is 17.8 Å². The second-order valence-corrected chi connectivity index (χ2v) is 5.30. The Morgan fingerprint density at radius 2 is 2.09 bits per heavy atom. The third kappa shape index (κ3) is 4.83. The number of nitrogens with zero attached hydrogens (tertiary/aromatic N) is 1. The first-order valence-corrected chi connectivity index (χ1v) is 6.93. The molecule has 0 aromatic heterocycles. The van der Waals surface area contributed by atoms with Gasteiger partial charge in [0.15, 0.2) is 5.96 Å². The Kier molecular flexibility index (Phi) is 6.34. The molecule has 0 aromatic carbocycles. The maximum absolute atomic E-state index is 11.4. The number of nitrogens with one attached hydrogen (secondary N) is 1. The number of carboxylic acids is 1. The second-order valence-electron chi connectivity index (χ2n) is 5.30. The molecular weight excluding hydrogens is 308 g/mol. The van der Waals surface area contributed by atoms with Crippen molar-refractivity contribution in [3.63, 3.8) is 0 Å². The van der Waals surface area contributed by atoms with Crippen LogP contribution in [0.1, 0.15) is 13.8 Å². The molecule has 0 spiro atoms. The average Bonchev–Trinajstić information content (AvgIpc) is 2.45. The van der Waals surface area contributed by atoms with Gasteiger partial charge in [0.05, 0.1) is 24.8 Å². The van der Waals surface area contributed by atoms with E-state index in [2.05, 4.69) is 10.3 Å². The predicted molar refractivity (Wildman–Crippen MR) is 80.1 cm³/mol. The molecule has 0 fully saturated rings. The van der Waals surface area contributed by atoms with Gasteiger partial charge in [0.1, 0.15) is 6.10 Å². The van der Waals surface area contributed by atoms with Crippen LogP contribution in [0.2, 0.25) is 0 Å². The molecule has 1 aliphatic rings. The first kappa shape index (κ1) is 18.7. The lowest BCUT2D eigenvalue weighted by molar-refractivity contribution is -0.141. The molecule has 2 unspecified atom stereocenters. The summed E-state index contributed by atoms with van der Waals surface area (Å²) in [6, 6.07) is -1.70. The number of amides is 1. The van der Waals surface area contributed by atoms with E-state index in [0.29, 0.717) is 0 Å². The summed E-state index contributed by atoms with van der Waals surface area (Å²) in [5, 5.41) is 30.7. The summed E-state index contributed by atoms with van der Waals surface area (Å²) in [5.74, 6) is -3.13. The number of aliphatic hydroxyl groups excluding tert-OH is 2. The van der Waals surface area contributed by atoms with Crippen LogP contribution >= 0.6 is 0 Å². The fraction of sp³-hybridized carbons (Fsp3) is 0.615. The summed E-state index contributed by atoms with van der Waals surface area (Å²) in [7, 11) is 0. The Labute approximate surface area is 132 Å². The SMILES string of the molecule is CC(=O)N[C@H]1C([C@H](C)C(O)CO)OC(C(=O)O)=C[C@@H]1N=C(N)N. The van der Waals surface area contributed by atoms with Gasteiger partial charge in [0.2, 0.25) is 11.7 Å². The van der Waals surface area contributed by atoms with Crippen molar-refractivity contribution < 1.29 is 29.6 Å². The molecule has 8 N–H and O–H groups in total. The Morgan fingerprint density at radius 3 is 2.52 bits per heavy atom. The van der Waals surface area contributed by atoms with Crippen molar-refractivity contribution in [1.82, 2.24) is 5.32 Å².